The molecule has 6 rings (SSSR count). The second-order valence-corrected chi connectivity index (χ2v) is 12.0. The third kappa shape index (κ3) is 5.87. The van der Waals surface area contributed by atoms with Crippen molar-refractivity contribution in [2.75, 3.05) is 46.1 Å². The minimum absolute atomic E-state index is 0.0636. The number of hydrogen-bond acceptors (Lipinski definition) is 7. The lowest BCUT2D eigenvalue weighted by Gasteiger charge is -2.26. The SMILES string of the molecule is CCCC(CCNC(=O)c1cn2c3c(c(NCCCCN(C)C)c(F)cc3c1=O)Oc1cc3c(cc1-2)oc1ccccc13)NC. The maximum Gasteiger partial charge on any atom is 0.256 e. The number of nitrogens with zero attached hydrogens (tertiary/aromatic N) is 2. The number of fused-ring (bicyclic) bond motifs is 5. The van der Waals surface area contributed by atoms with Crippen molar-refractivity contribution in [3.05, 3.63) is 70.3 Å². The Kier molecular flexibility index (Phi) is 8.78. The monoisotopic (exact) mass is 613 g/mol. The number of hydrogen-bond donors (Lipinski definition) is 3. The topological polar surface area (TPSA) is 101 Å². The second-order valence-electron chi connectivity index (χ2n) is 12.0. The van der Waals surface area contributed by atoms with Gasteiger partial charge in [0.2, 0.25) is 5.43 Å². The number of carbonyl (C=O) groups is 1. The molecule has 236 valence electrons. The zero-order chi connectivity index (χ0) is 31.7. The lowest BCUT2D eigenvalue weighted by Crippen LogP contribution is -2.34. The smallest absolute Gasteiger partial charge is 0.256 e. The molecule has 9 nitrogen and oxygen atoms in total. The Morgan fingerprint density at radius 1 is 1.02 bits per heavy atom. The number of para-hydroxylation sites is 1. The highest BCUT2D eigenvalue weighted by molar-refractivity contribution is 6.07. The Labute approximate surface area is 261 Å². The number of rotatable bonds is 13. The Bertz CT molecular complexity index is 1950. The molecule has 2 aromatic heterocycles. The average Bonchev–Trinajstić information content (AvgIpc) is 3.39. The average molecular weight is 614 g/mol. The van der Waals surface area contributed by atoms with E-state index in [9.17, 15) is 9.59 Å². The van der Waals surface area contributed by atoms with Gasteiger partial charge in [-0.25, -0.2) is 4.39 Å². The summed E-state index contributed by atoms with van der Waals surface area (Å²) in [6, 6.07) is 12.9. The third-order valence-electron chi connectivity index (χ3n) is 8.53. The number of nitrogens with one attached hydrogen (secondary N) is 3. The lowest BCUT2D eigenvalue weighted by atomic mass is 10.0. The van der Waals surface area contributed by atoms with E-state index in [-0.39, 0.29) is 28.4 Å². The van der Waals surface area contributed by atoms with Crippen LogP contribution in [0.2, 0.25) is 0 Å². The fourth-order valence-corrected chi connectivity index (χ4v) is 6.17. The molecule has 3 heterocycles. The predicted octanol–water partition coefficient (Wildman–Crippen LogP) is 6.40. The minimum Gasteiger partial charge on any atom is -0.456 e. The summed E-state index contributed by atoms with van der Waals surface area (Å²) in [4.78, 5) is 29.3. The normalized spacial score (nSPS) is 12.9. The highest BCUT2D eigenvalue weighted by Crippen LogP contribution is 2.47. The van der Waals surface area contributed by atoms with E-state index < -0.39 is 17.2 Å². The summed E-state index contributed by atoms with van der Waals surface area (Å²) >= 11 is 0. The first-order valence-electron chi connectivity index (χ1n) is 15.7. The van der Waals surface area contributed by atoms with Crippen molar-refractivity contribution in [3.63, 3.8) is 0 Å². The second kappa shape index (κ2) is 12.9. The van der Waals surface area contributed by atoms with E-state index in [1.165, 1.54) is 6.07 Å². The van der Waals surface area contributed by atoms with Gasteiger partial charge in [0.25, 0.3) is 5.91 Å². The van der Waals surface area contributed by atoms with Crippen LogP contribution in [0, 0.1) is 5.82 Å². The quantitative estimate of drug-likeness (QED) is 0.130. The van der Waals surface area contributed by atoms with Crippen LogP contribution in [-0.2, 0) is 0 Å². The summed E-state index contributed by atoms with van der Waals surface area (Å²) in [5.41, 5.74) is 1.93. The summed E-state index contributed by atoms with van der Waals surface area (Å²) in [5.74, 6) is -0.422. The Hall–Kier alpha value is -4.41. The first-order valence-corrected chi connectivity index (χ1v) is 15.7. The van der Waals surface area contributed by atoms with Crippen LogP contribution in [0.15, 0.2) is 57.9 Å². The van der Waals surface area contributed by atoms with Crippen molar-refractivity contribution in [1.29, 1.82) is 0 Å². The van der Waals surface area contributed by atoms with Crippen LogP contribution >= 0.6 is 0 Å². The predicted molar refractivity (Wildman–Crippen MR) is 178 cm³/mol. The minimum atomic E-state index is -0.610. The van der Waals surface area contributed by atoms with Crippen molar-refractivity contribution >= 4 is 44.4 Å². The van der Waals surface area contributed by atoms with E-state index in [4.69, 9.17) is 9.15 Å². The maximum atomic E-state index is 15.8. The number of anilines is 1. The van der Waals surface area contributed by atoms with E-state index in [1.54, 1.807) is 10.8 Å². The van der Waals surface area contributed by atoms with E-state index in [0.29, 0.717) is 35.6 Å². The summed E-state index contributed by atoms with van der Waals surface area (Å²) in [7, 11) is 5.94. The van der Waals surface area contributed by atoms with Crippen LogP contribution in [0.5, 0.6) is 11.5 Å². The molecule has 0 saturated carbocycles. The molecule has 0 spiro atoms. The number of carbonyl (C=O) groups excluding carboxylic acids is 1. The summed E-state index contributed by atoms with van der Waals surface area (Å²) < 4.78 is 30.2. The number of pyridine rings is 1. The van der Waals surface area contributed by atoms with Crippen LogP contribution in [0.4, 0.5) is 10.1 Å². The zero-order valence-electron chi connectivity index (χ0n) is 26.3. The van der Waals surface area contributed by atoms with Crippen LogP contribution in [0.25, 0.3) is 38.5 Å². The van der Waals surface area contributed by atoms with Crippen LogP contribution in [0.3, 0.4) is 0 Å². The van der Waals surface area contributed by atoms with Gasteiger partial charge < -0.3 is 34.6 Å². The standard InChI is InChI=1S/C35H40FN5O4/c1-5-10-21(37-2)13-15-39-35(43)25-20-41-27-19-29-23(22-11-6-7-12-28(22)44-29)18-30(27)45-34-31(38-14-8-9-16-40(3)4)26(36)17-24(32(34)41)33(25)42/h6-7,11-12,17-21,37-38H,5,8-10,13-16H2,1-4H3,(H,39,43). The largest absolute Gasteiger partial charge is 0.456 e. The van der Waals surface area contributed by atoms with E-state index in [0.717, 1.165) is 55.0 Å². The van der Waals surface area contributed by atoms with Gasteiger partial charge >= 0.3 is 0 Å². The maximum absolute atomic E-state index is 15.8. The molecule has 1 aliphatic heterocycles. The first kappa shape index (κ1) is 30.6. The molecule has 1 aliphatic rings. The molecule has 10 heteroatoms. The van der Waals surface area contributed by atoms with Crippen LogP contribution in [0.1, 0.15) is 49.4 Å². The number of halogens is 1. The highest BCUT2D eigenvalue weighted by Gasteiger charge is 2.29. The van der Waals surface area contributed by atoms with Crippen molar-refractivity contribution in [3.8, 4) is 17.2 Å². The Balaban J connectivity index is 1.45. The Morgan fingerprint density at radius 2 is 1.84 bits per heavy atom. The van der Waals surface area contributed by atoms with E-state index in [2.05, 4.69) is 27.8 Å². The number of aromatic nitrogens is 1. The molecular weight excluding hydrogens is 573 g/mol. The first-order chi connectivity index (χ1) is 21.8. The van der Waals surface area contributed by atoms with Crippen molar-refractivity contribution < 1.29 is 18.3 Å². The molecule has 0 aliphatic carbocycles. The number of furan rings is 1. The number of amides is 1. The van der Waals surface area contributed by atoms with Gasteiger partial charge in [-0.15, -0.1) is 0 Å². The van der Waals surface area contributed by atoms with Gasteiger partial charge in [-0.05, 0) is 71.6 Å². The number of benzene rings is 3. The van der Waals surface area contributed by atoms with Gasteiger partial charge in [0.1, 0.15) is 27.9 Å². The number of unbranched alkanes of at least 4 members (excludes halogenated alkanes) is 1. The lowest BCUT2D eigenvalue weighted by molar-refractivity contribution is 0.0950. The van der Waals surface area contributed by atoms with E-state index in [1.807, 2.05) is 57.5 Å². The third-order valence-corrected chi connectivity index (χ3v) is 8.53. The molecular formula is C35H40FN5O4. The molecule has 1 unspecified atom stereocenters. The van der Waals surface area contributed by atoms with Crippen LogP contribution < -0.4 is 26.1 Å². The van der Waals surface area contributed by atoms with Gasteiger partial charge in [-0.2, -0.15) is 0 Å². The van der Waals surface area contributed by atoms with Gasteiger partial charge in [-0.3, -0.25) is 9.59 Å². The molecule has 45 heavy (non-hydrogen) atoms. The Morgan fingerprint density at radius 3 is 2.62 bits per heavy atom. The van der Waals surface area contributed by atoms with Crippen LogP contribution in [-0.4, -0.2) is 62.2 Å². The molecule has 1 amide bonds. The highest BCUT2D eigenvalue weighted by atomic mass is 19.1. The zero-order valence-corrected chi connectivity index (χ0v) is 26.3. The van der Waals surface area contributed by atoms with Crippen molar-refractivity contribution in [2.45, 2.75) is 45.1 Å². The fourth-order valence-electron chi connectivity index (χ4n) is 6.17. The molecule has 0 bridgehead atoms. The van der Waals surface area contributed by atoms with Crippen molar-refractivity contribution in [2.24, 2.45) is 0 Å². The van der Waals surface area contributed by atoms with E-state index >= 15 is 4.39 Å². The van der Waals surface area contributed by atoms with Crippen molar-refractivity contribution in [1.82, 2.24) is 20.1 Å². The van der Waals surface area contributed by atoms with Gasteiger partial charge in [0.15, 0.2) is 17.3 Å². The fraction of sp³-hybridized carbons (Fsp3) is 0.371. The molecule has 3 aromatic carbocycles. The number of ether oxygens (including phenoxy) is 1. The molecule has 0 fully saturated rings. The molecule has 0 saturated heterocycles. The summed E-state index contributed by atoms with van der Waals surface area (Å²) in [6.07, 6.45) is 6.04. The summed E-state index contributed by atoms with van der Waals surface area (Å²) in [5, 5.41) is 11.2. The van der Waals surface area contributed by atoms with Gasteiger partial charge in [-0.1, -0.05) is 31.5 Å². The molecule has 1 atom stereocenters. The van der Waals surface area contributed by atoms with Gasteiger partial charge in [0.05, 0.1) is 11.1 Å². The molecule has 0 radical (unpaired) electrons. The summed E-state index contributed by atoms with van der Waals surface area (Å²) in [6.45, 7) is 3.97. The molecule has 5 aromatic rings. The molecule has 3 N–H and O–H groups in total. The van der Waals surface area contributed by atoms with Gasteiger partial charge in [0, 0.05) is 42.2 Å².